The zero-order valence-corrected chi connectivity index (χ0v) is 9.98. The first-order valence-electron chi connectivity index (χ1n) is 5.05. The van der Waals surface area contributed by atoms with Gasteiger partial charge < -0.3 is 5.11 Å². The molecular weight excluding hydrogens is 226 g/mol. The van der Waals surface area contributed by atoms with Gasteiger partial charge in [-0.15, -0.1) is 10.2 Å². The van der Waals surface area contributed by atoms with Gasteiger partial charge in [0.1, 0.15) is 0 Å². The maximum atomic E-state index is 10.0. The van der Waals surface area contributed by atoms with E-state index >= 15 is 0 Å². The van der Waals surface area contributed by atoms with Crippen molar-refractivity contribution in [1.82, 2.24) is 24.6 Å². The maximum Gasteiger partial charge on any atom is 0.0973 e. The van der Waals surface area contributed by atoms with Crippen LogP contribution in [-0.4, -0.2) is 29.7 Å². The van der Waals surface area contributed by atoms with Crippen LogP contribution in [-0.2, 0) is 19.9 Å². The minimum absolute atomic E-state index is 0.449. The topological polar surface area (TPSA) is 76.7 Å². The van der Waals surface area contributed by atoms with Gasteiger partial charge in [0.2, 0.25) is 0 Å². The molecule has 0 spiro atoms. The van der Waals surface area contributed by atoms with Gasteiger partial charge in [-0.25, -0.2) is 0 Å². The summed E-state index contributed by atoms with van der Waals surface area (Å²) >= 11 is 1.24. The first kappa shape index (κ1) is 11.2. The third-order valence-electron chi connectivity index (χ3n) is 2.28. The molecule has 7 heteroatoms. The van der Waals surface area contributed by atoms with Crippen LogP contribution in [0.3, 0.4) is 0 Å². The average Bonchev–Trinajstić information content (AvgIpc) is 2.86. The molecule has 0 saturated carbocycles. The number of aromatic nitrogens is 5. The molecule has 0 aliphatic rings. The molecule has 6 nitrogen and oxygen atoms in total. The largest absolute Gasteiger partial charge is 0.387 e. The number of aliphatic hydroxyl groups is 1. The molecule has 2 heterocycles. The lowest BCUT2D eigenvalue weighted by molar-refractivity contribution is 0.179. The summed E-state index contributed by atoms with van der Waals surface area (Å²) in [5, 5.41) is 21.8. The molecule has 0 aliphatic carbocycles. The lowest BCUT2D eigenvalue weighted by atomic mass is 10.1. The van der Waals surface area contributed by atoms with Crippen molar-refractivity contribution >= 4 is 11.5 Å². The quantitative estimate of drug-likeness (QED) is 0.841. The molecule has 1 atom stereocenters. The molecule has 0 aliphatic heterocycles. The lowest BCUT2D eigenvalue weighted by Crippen LogP contribution is -2.03. The van der Waals surface area contributed by atoms with E-state index in [1.807, 2.05) is 6.92 Å². The zero-order chi connectivity index (χ0) is 11.5. The van der Waals surface area contributed by atoms with Gasteiger partial charge in [-0.2, -0.15) is 0 Å². The predicted molar refractivity (Wildman–Crippen MR) is 59.0 cm³/mol. The zero-order valence-electron chi connectivity index (χ0n) is 9.16. The fraction of sp³-hybridized carbons (Fsp3) is 0.556. The Morgan fingerprint density at radius 3 is 2.94 bits per heavy atom. The van der Waals surface area contributed by atoms with Crippen molar-refractivity contribution in [2.45, 2.75) is 25.9 Å². The first-order valence-corrected chi connectivity index (χ1v) is 5.82. The second kappa shape index (κ2) is 4.67. The van der Waals surface area contributed by atoms with E-state index in [9.17, 15) is 5.11 Å². The Morgan fingerprint density at radius 1 is 1.50 bits per heavy atom. The highest BCUT2D eigenvalue weighted by Gasteiger charge is 2.17. The molecule has 0 radical (unpaired) electrons. The minimum atomic E-state index is -0.591. The molecule has 0 amide bonds. The molecule has 1 unspecified atom stereocenters. The maximum absolute atomic E-state index is 10.0. The Morgan fingerprint density at radius 2 is 2.31 bits per heavy atom. The van der Waals surface area contributed by atoms with Crippen LogP contribution in [0.2, 0.25) is 0 Å². The number of nitrogens with zero attached hydrogens (tertiary/aromatic N) is 5. The second-order valence-electron chi connectivity index (χ2n) is 3.54. The first-order chi connectivity index (χ1) is 7.70. The molecule has 86 valence electrons. The molecule has 2 aromatic heterocycles. The van der Waals surface area contributed by atoms with Crippen molar-refractivity contribution in [1.29, 1.82) is 0 Å². The molecule has 0 saturated heterocycles. The van der Waals surface area contributed by atoms with Crippen molar-refractivity contribution < 1.29 is 5.11 Å². The lowest BCUT2D eigenvalue weighted by Gasteiger charge is -2.06. The molecule has 2 rings (SSSR count). The molecule has 0 aromatic carbocycles. The van der Waals surface area contributed by atoms with Crippen LogP contribution in [0, 0.1) is 0 Å². The average molecular weight is 239 g/mol. The monoisotopic (exact) mass is 239 g/mol. The second-order valence-corrected chi connectivity index (χ2v) is 4.33. The van der Waals surface area contributed by atoms with E-state index in [2.05, 4.69) is 19.9 Å². The normalized spacial score (nSPS) is 12.9. The minimum Gasteiger partial charge on any atom is -0.387 e. The highest BCUT2D eigenvalue weighted by Crippen LogP contribution is 2.23. The van der Waals surface area contributed by atoms with E-state index in [1.54, 1.807) is 17.9 Å². The van der Waals surface area contributed by atoms with Crippen molar-refractivity contribution in [2.24, 2.45) is 7.05 Å². The molecule has 2 aromatic rings. The Balaban J connectivity index is 2.11. The Labute approximate surface area is 97.1 Å². The summed E-state index contributed by atoms with van der Waals surface area (Å²) in [6.07, 6.45) is 2.43. The Kier molecular flexibility index (Phi) is 3.25. The van der Waals surface area contributed by atoms with Crippen molar-refractivity contribution in [3.05, 3.63) is 22.5 Å². The van der Waals surface area contributed by atoms with Crippen molar-refractivity contribution in [3.63, 3.8) is 0 Å². The summed E-state index contributed by atoms with van der Waals surface area (Å²) in [6, 6.07) is 0. The van der Waals surface area contributed by atoms with Gasteiger partial charge in [-0.3, -0.25) is 4.68 Å². The molecule has 1 N–H and O–H groups in total. The van der Waals surface area contributed by atoms with E-state index in [0.29, 0.717) is 6.42 Å². The van der Waals surface area contributed by atoms with Gasteiger partial charge in [0, 0.05) is 19.7 Å². The number of hydrogen-bond donors (Lipinski definition) is 1. The third-order valence-corrected chi connectivity index (χ3v) is 3.14. The van der Waals surface area contributed by atoms with Crippen LogP contribution in [0.4, 0.5) is 0 Å². The number of hydrogen-bond acceptors (Lipinski definition) is 6. The third kappa shape index (κ3) is 2.25. The van der Waals surface area contributed by atoms with Gasteiger partial charge >= 0.3 is 0 Å². The number of aliphatic hydroxyl groups excluding tert-OH is 1. The van der Waals surface area contributed by atoms with Crippen LogP contribution in [0.25, 0.3) is 0 Å². The van der Waals surface area contributed by atoms with E-state index in [1.165, 1.54) is 11.5 Å². The summed E-state index contributed by atoms with van der Waals surface area (Å²) in [7, 11) is 1.80. The van der Waals surface area contributed by atoms with Crippen LogP contribution in [0.1, 0.15) is 29.3 Å². The molecular formula is C9H13N5OS. The summed E-state index contributed by atoms with van der Waals surface area (Å²) < 4.78 is 5.47. The van der Waals surface area contributed by atoms with Crippen molar-refractivity contribution in [2.75, 3.05) is 0 Å². The highest BCUT2D eigenvalue weighted by molar-refractivity contribution is 7.05. The fourth-order valence-corrected chi connectivity index (χ4v) is 2.22. The summed E-state index contributed by atoms with van der Waals surface area (Å²) in [6.45, 7) is 2.00. The van der Waals surface area contributed by atoms with Crippen LogP contribution in [0.15, 0.2) is 6.20 Å². The van der Waals surface area contributed by atoms with Gasteiger partial charge in [0.05, 0.1) is 22.4 Å². The van der Waals surface area contributed by atoms with E-state index in [0.717, 1.165) is 22.7 Å². The molecule has 0 fully saturated rings. The van der Waals surface area contributed by atoms with E-state index in [-0.39, 0.29) is 0 Å². The predicted octanol–water partition coefficient (Wildman–Crippen LogP) is 0.505. The number of aryl methyl sites for hydroxylation is 2. The van der Waals surface area contributed by atoms with Gasteiger partial charge in [0.15, 0.2) is 0 Å². The molecule has 16 heavy (non-hydrogen) atoms. The molecule has 0 bridgehead atoms. The van der Waals surface area contributed by atoms with Crippen LogP contribution >= 0.6 is 11.5 Å². The van der Waals surface area contributed by atoms with Crippen molar-refractivity contribution in [3.8, 4) is 0 Å². The summed E-state index contributed by atoms with van der Waals surface area (Å²) in [5.74, 6) is 0. The van der Waals surface area contributed by atoms with Gasteiger partial charge in [-0.05, 0) is 18.0 Å². The smallest absolute Gasteiger partial charge is 0.0973 e. The highest BCUT2D eigenvalue weighted by atomic mass is 32.1. The Hall–Kier alpha value is -1.34. The standard InChI is InChI=1S/C9H13N5OS/c1-3-7-9(16-13-11-7)8(15)4-6-5-14(2)12-10-6/h5,8,15H,3-4H2,1-2H3. The van der Waals surface area contributed by atoms with Crippen LogP contribution < -0.4 is 0 Å². The Bertz CT molecular complexity index is 466. The van der Waals surface area contributed by atoms with Gasteiger partial charge in [0.25, 0.3) is 0 Å². The summed E-state index contributed by atoms with van der Waals surface area (Å²) in [5.41, 5.74) is 1.63. The van der Waals surface area contributed by atoms with Crippen LogP contribution in [0.5, 0.6) is 0 Å². The van der Waals surface area contributed by atoms with E-state index in [4.69, 9.17) is 0 Å². The SMILES string of the molecule is CCc1nnsc1C(O)Cc1cn(C)nn1. The van der Waals surface area contributed by atoms with Gasteiger partial charge in [-0.1, -0.05) is 16.6 Å². The number of rotatable bonds is 4. The fourth-order valence-electron chi connectivity index (χ4n) is 1.49. The van der Waals surface area contributed by atoms with E-state index < -0.39 is 6.10 Å². The summed E-state index contributed by atoms with van der Waals surface area (Å²) in [4.78, 5) is 0.827.